The Balaban J connectivity index is 0.847. The Hall–Kier alpha value is -5.45. The average Bonchev–Trinajstić information content (AvgIpc) is 3.83. The first-order valence-corrected chi connectivity index (χ1v) is 19.0. The van der Waals surface area contributed by atoms with Crippen LogP contribution in [-0.2, 0) is 11.2 Å². The van der Waals surface area contributed by atoms with Crippen LogP contribution >= 0.6 is 0 Å². The van der Waals surface area contributed by atoms with E-state index in [-0.39, 0.29) is 41.4 Å². The number of imide groups is 1. The van der Waals surface area contributed by atoms with Gasteiger partial charge in [-0.15, -0.1) is 0 Å². The molecule has 2 atom stereocenters. The largest absolute Gasteiger partial charge is 0.490 e. The Bertz CT molecular complexity index is 2020. The molecule has 3 aromatic carbocycles. The minimum atomic E-state index is -0.514. The van der Waals surface area contributed by atoms with Crippen LogP contribution in [0.3, 0.4) is 0 Å². The summed E-state index contributed by atoms with van der Waals surface area (Å²) < 4.78 is 18.3. The Labute approximate surface area is 316 Å². The van der Waals surface area contributed by atoms with Gasteiger partial charge >= 0.3 is 6.09 Å². The molecule has 1 saturated carbocycles. The zero-order valence-electron chi connectivity index (χ0n) is 31.4. The van der Waals surface area contributed by atoms with E-state index in [2.05, 4.69) is 35.0 Å². The van der Waals surface area contributed by atoms with Gasteiger partial charge < -0.3 is 24.0 Å². The highest BCUT2D eigenvalue weighted by Gasteiger charge is 2.47. The molecule has 0 bridgehead atoms. The van der Waals surface area contributed by atoms with Gasteiger partial charge in [0.25, 0.3) is 11.8 Å². The highest BCUT2D eigenvalue weighted by atomic mass is 16.6. The third-order valence-corrected chi connectivity index (χ3v) is 11.1. The number of ether oxygens (including phenoxy) is 3. The van der Waals surface area contributed by atoms with E-state index >= 15 is 0 Å². The molecule has 3 fully saturated rings. The van der Waals surface area contributed by atoms with Gasteiger partial charge in [-0.2, -0.15) is 4.98 Å². The molecule has 4 aromatic rings. The number of para-hydroxylation sites is 1. The van der Waals surface area contributed by atoms with E-state index in [0.717, 1.165) is 49.4 Å². The van der Waals surface area contributed by atoms with Crippen LogP contribution in [0.15, 0.2) is 85.1 Å². The van der Waals surface area contributed by atoms with Crippen molar-refractivity contribution >= 4 is 23.9 Å². The van der Waals surface area contributed by atoms with Gasteiger partial charge in [-0.3, -0.25) is 14.5 Å². The smallest absolute Gasteiger partial charge is 0.410 e. The van der Waals surface area contributed by atoms with Crippen molar-refractivity contribution in [1.82, 2.24) is 19.8 Å². The second-order valence-corrected chi connectivity index (χ2v) is 16.3. The first-order valence-electron chi connectivity index (χ1n) is 19.0. The molecule has 54 heavy (non-hydrogen) atoms. The predicted octanol–water partition coefficient (Wildman–Crippen LogP) is 7.66. The van der Waals surface area contributed by atoms with Crippen LogP contribution in [-0.4, -0.2) is 81.6 Å². The minimum absolute atomic E-state index is 0.00812. The Morgan fingerprint density at radius 3 is 2.30 bits per heavy atom. The molecule has 3 amide bonds. The SMILES string of the molecule is CC(Cc1ccc(OC2CC(N3C(=O)c4ccccc4C3=O)C2)cc1)c1ccccc1Oc1ccnc(N2CCC3(CCN(C(=O)OC(C)(C)C)C3)C2)n1. The zero-order chi connectivity index (χ0) is 37.6. The molecule has 2 unspecified atom stereocenters. The van der Waals surface area contributed by atoms with Gasteiger partial charge in [-0.25, -0.2) is 9.78 Å². The predicted molar refractivity (Wildman–Crippen MR) is 203 cm³/mol. The molecule has 11 nitrogen and oxygen atoms in total. The van der Waals surface area contributed by atoms with Crippen LogP contribution in [0.4, 0.5) is 10.7 Å². The Morgan fingerprint density at radius 2 is 1.57 bits per heavy atom. The molecule has 4 heterocycles. The average molecular weight is 730 g/mol. The molecule has 0 radical (unpaired) electrons. The van der Waals surface area contributed by atoms with Crippen LogP contribution in [0.5, 0.6) is 17.4 Å². The van der Waals surface area contributed by atoms with Gasteiger partial charge in [-0.05, 0) is 87.4 Å². The van der Waals surface area contributed by atoms with Gasteiger partial charge in [0, 0.05) is 62.7 Å². The maximum absolute atomic E-state index is 12.8. The molecule has 280 valence electrons. The molecule has 2 saturated heterocycles. The van der Waals surface area contributed by atoms with Gasteiger partial charge in [0.05, 0.1) is 11.1 Å². The summed E-state index contributed by atoms with van der Waals surface area (Å²) in [5.41, 5.74) is 2.72. The third kappa shape index (κ3) is 7.23. The van der Waals surface area contributed by atoms with Crippen molar-refractivity contribution in [2.45, 2.75) is 83.5 Å². The number of rotatable bonds is 9. The molecule has 4 aliphatic rings. The second-order valence-electron chi connectivity index (χ2n) is 16.3. The maximum atomic E-state index is 12.8. The number of carbonyl (C=O) groups is 3. The molecule has 3 aliphatic heterocycles. The standard InChI is InChI=1S/C43H47N5O6/c1-28(23-29-13-15-31(16-14-29)52-32-24-30(25-32)48-38(49)34-10-5-6-11-35(34)39(48)50)33-9-7-8-12-36(33)53-37-17-20-44-40(45-37)46-21-18-43(26-46)19-22-47(27-43)41(51)54-42(2,3)4/h5-17,20,28,30,32H,18-19,21-27H2,1-4H3. The quantitative estimate of drug-likeness (QED) is 0.160. The minimum Gasteiger partial charge on any atom is -0.490 e. The number of fused-ring (bicyclic) bond motifs is 1. The summed E-state index contributed by atoms with van der Waals surface area (Å²) in [7, 11) is 0. The number of carbonyl (C=O) groups excluding carboxylic acids is 3. The third-order valence-electron chi connectivity index (χ3n) is 11.1. The number of benzene rings is 3. The van der Waals surface area contributed by atoms with E-state index < -0.39 is 5.60 Å². The summed E-state index contributed by atoms with van der Waals surface area (Å²) in [6, 6.07) is 24.9. The van der Waals surface area contributed by atoms with Gasteiger partial charge in [0.15, 0.2) is 0 Å². The Morgan fingerprint density at radius 1 is 0.889 bits per heavy atom. The highest BCUT2D eigenvalue weighted by Crippen LogP contribution is 2.42. The van der Waals surface area contributed by atoms with Crippen molar-refractivity contribution < 1.29 is 28.6 Å². The van der Waals surface area contributed by atoms with Crippen molar-refractivity contribution in [2.75, 3.05) is 31.1 Å². The second kappa shape index (κ2) is 14.1. The summed E-state index contributed by atoms with van der Waals surface area (Å²) in [5.74, 6) is 2.41. The molecule has 1 aliphatic carbocycles. The van der Waals surface area contributed by atoms with Crippen LogP contribution in [0.25, 0.3) is 0 Å². The summed E-state index contributed by atoms with van der Waals surface area (Å²) in [4.78, 5) is 53.3. The fourth-order valence-electron chi connectivity index (χ4n) is 8.24. The molecule has 8 rings (SSSR count). The van der Waals surface area contributed by atoms with Crippen molar-refractivity contribution in [2.24, 2.45) is 5.41 Å². The maximum Gasteiger partial charge on any atom is 0.410 e. The van der Waals surface area contributed by atoms with Crippen LogP contribution in [0, 0.1) is 5.41 Å². The molecule has 11 heteroatoms. The van der Waals surface area contributed by atoms with E-state index in [1.807, 2.05) is 56.0 Å². The highest BCUT2D eigenvalue weighted by molar-refractivity contribution is 6.21. The normalized spacial score (nSPS) is 22.7. The molecule has 1 spiro atoms. The molecular formula is C43H47N5O6. The lowest BCUT2D eigenvalue weighted by molar-refractivity contribution is 0.0196. The first kappa shape index (κ1) is 35.6. The van der Waals surface area contributed by atoms with Gasteiger partial charge in [0.1, 0.15) is 23.2 Å². The number of hydrogen-bond donors (Lipinski definition) is 0. The number of hydrogen-bond acceptors (Lipinski definition) is 9. The topological polar surface area (TPSA) is 114 Å². The van der Waals surface area contributed by atoms with Crippen LogP contribution in [0.1, 0.15) is 91.1 Å². The lowest BCUT2D eigenvalue weighted by Crippen LogP contribution is -2.51. The monoisotopic (exact) mass is 729 g/mol. The number of aromatic nitrogens is 2. The van der Waals surface area contributed by atoms with Crippen molar-refractivity contribution in [3.05, 3.63) is 107 Å². The molecular weight excluding hydrogens is 683 g/mol. The van der Waals surface area contributed by atoms with E-state index in [1.165, 1.54) is 10.5 Å². The lowest BCUT2D eigenvalue weighted by atomic mass is 9.86. The van der Waals surface area contributed by atoms with E-state index in [4.69, 9.17) is 19.2 Å². The number of nitrogens with zero attached hydrogens (tertiary/aromatic N) is 5. The summed E-state index contributed by atoms with van der Waals surface area (Å²) in [5, 5.41) is 0. The first-order chi connectivity index (χ1) is 25.9. The summed E-state index contributed by atoms with van der Waals surface area (Å²) >= 11 is 0. The van der Waals surface area contributed by atoms with Gasteiger partial charge in [-0.1, -0.05) is 49.4 Å². The number of amides is 3. The number of anilines is 1. The van der Waals surface area contributed by atoms with Crippen molar-refractivity contribution in [3.8, 4) is 17.4 Å². The van der Waals surface area contributed by atoms with E-state index in [1.54, 1.807) is 36.5 Å². The number of likely N-dealkylation sites (tertiary alicyclic amines) is 1. The van der Waals surface area contributed by atoms with Crippen LogP contribution in [0.2, 0.25) is 0 Å². The van der Waals surface area contributed by atoms with E-state index in [0.29, 0.717) is 48.9 Å². The van der Waals surface area contributed by atoms with Crippen molar-refractivity contribution in [3.63, 3.8) is 0 Å². The lowest BCUT2D eigenvalue weighted by Gasteiger charge is -2.39. The summed E-state index contributed by atoms with van der Waals surface area (Å²) in [6.45, 7) is 10.9. The van der Waals surface area contributed by atoms with Crippen LogP contribution < -0.4 is 14.4 Å². The molecule has 1 aromatic heterocycles. The Kier molecular flexibility index (Phi) is 9.27. The van der Waals surface area contributed by atoms with Gasteiger partial charge in [0.2, 0.25) is 11.8 Å². The fourth-order valence-corrected chi connectivity index (χ4v) is 8.24. The summed E-state index contributed by atoms with van der Waals surface area (Å²) in [6.07, 6.45) is 5.41. The zero-order valence-corrected chi connectivity index (χ0v) is 31.4. The van der Waals surface area contributed by atoms with Crippen molar-refractivity contribution in [1.29, 1.82) is 0 Å². The fraction of sp³-hybridized carbons (Fsp3) is 0.419. The van der Waals surface area contributed by atoms with E-state index in [9.17, 15) is 14.4 Å². The molecule has 0 N–H and O–H groups in total.